The second-order valence-electron chi connectivity index (χ2n) is 3.23. The number of benzene rings is 1. The summed E-state index contributed by atoms with van der Waals surface area (Å²) >= 11 is 0. The van der Waals surface area contributed by atoms with E-state index in [0.717, 1.165) is 5.56 Å². The fourth-order valence-electron chi connectivity index (χ4n) is 1.10. The van der Waals surface area contributed by atoms with Gasteiger partial charge in [0.05, 0.1) is 12.6 Å². The minimum absolute atomic E-state index is 0.191. The summed E-state index contributed by atoms with van der Waals surface area (Å²) in [5.41, 5.74) is 0.914. The van der Waals surface area contributed by atoms with Crippen LogP contribution in [0.15, 0.2) is 43.0 Å². The van der Waals surface area contributed by atoms with Crippen LogP contribution < -0.4 is 5.32 Å². The van der Waals surface area contributed by atoms with Crippen LogP contribution >= 0.6 is 0 Å². The van der Waals surface area contributed by atoms with Crippen molar-refractivity contribution >= 4 is 6.09 Å². The number of amides is 1. The van der Waals surface area contributed by atoms with Crippen LogP contribution in [-0.4, -0.2) is 23.8 Å². The van der Waals surface area contributed by atoms with Crippen LogP contribution in [0.25, 0.3) is 0 Å². The Labute approximate surface area is 94.6 Å². The smallest absolute Gasteiger partial charge is 0.408 e. The number of rotatable bonds is 5. The topological polar surface area (TPSA) is 58.6 Å². The zero-order valence-electron chi connectivity index (χ0n) is 8.93. The molecule has 1 unspecified atom stereocenters. The molecule has 1 rings (SSSR count). The highest BCUT2D eigenvalue weighted by molar-refractivity contribution is 5.67. The highest BCUT2D eigenvalue weighted by Gasteiger charge is 2.08. The first-order valence-corrected chi connectivity index (χ1v) is 4.97. The zero-order valence-corrected chi connectivity index (χ0v) is 8.93. The molecule has 0 aliphatic carbocycles. The fraction of sp³-hybridized carbons (Fsp3) is 0.250. The van der Waals surface area contributed by atoms with Crippen molar-refractivity contribution < 1.29 is 14.6 Å². The summed E-state index contributed by atoms with van der Waals surface area (Å²) in [6.07, 6.45) is 0.881. The SMILES string of the molecule is C=CC(CO)NC(=O)OCc1ccccc1. The van der Waals surface area contributed by atoms with E-state index in [1.165, 1.54) is 6.08 Å². The van der Waals surface area contributed by atoms with Crippen molar-refractivity contribution in [1.29, 1.82) is 0 Å². The van der Waals surface area contributed by atoms with E-state index in [4.69, 9.17) is 9.84 Å². The summed E-state index contributed by atoms with van der Waals surface area (Å²) in [5.74, 6) is 0. The molecule has 1 aromatic carbocycles. The van der Waals surface area contributed by atoms with Crippen LogP contribution in [-0.2, 0) is 11.3 Å². The molecule has 86 valence electrons. The van der Waals surface area contributed by atoms with E-state index in [0.29, 0.717) is 0 Å². The van der Waals surface area contributed by atoms with Gasteiger partial charge in [0.15, 0.2) is 0 Å². The number of carbonyl (C=O) groups excluding carboxylic acids is 1. The molecule has 0 bridgehead atoms. The van der Waals surface area contributed by atoms with Gasteiger partial charge in [-0.2, -0.15) is 0 Å². The minimum atomic E-state index is -0.567. The van der Waals surface area contributed by atoms with Gasteiger partial charge in [-0.25, -0.2) is 4.79 Å². The van der Waals surface area contributed by atoms with Gasteiger partial charge >= 0.3 is 6.09 Å². The molecule has 0 saturated carbocycles. The third-order valence-corrected chi connectivity index (χ3v) is 2.00. The van der Waals surface area contributed by atoms with Crippen LogP contribution in [0.3, 0.4) is 0 Å². The van der Waals surface area contributed by atoms with Crippen LogP contribution in [0.1, 0.15) is 5.56 Å². The fourth-order valence-corrected chi connectivity index (χ4v) is 1.10. The number of ether oxygens (including phenoxy) is 1. The molecule has 4 heteroatoms. The first kappa shape index (κ1) is 12.3. The Bertz CT molecular complexity index is 337. The summed E-state index contributed by atoms with van der Waals surface area (Å²) in [6, 6.07) is 8.90. The average molecular weight is 221 g/mol. The van der Waals surface area contributed by atoms with Gasteiger partial charge < -0.3 is 15.2 Å². The molecule has 0 aliphatic heterocycles. The molecule has 0 aliphatic rings. The lowest BCUT2D eigenvalue weighted by Crippen LogP contribution is -2.36. The van der Waals surface area contributed by atoms with Crippen molar-refractivity contribution in [2.45, 2.75) is 12.6 Å². The second-order valence-corrected chi connectivity index (χ2v) is 3.23. The predicted octanol–water partition coefficient (Wildman–Crippen LogP) is 1.46. The number of nitrogens with one attached hydrogen (secondary N) is 1. The zero-order chi connectivity index (χ0) is 11.8. The van der Waals surface area contributed by atoms with Crippen LogP contribution in [0.5, 0.6) is 0 Å². The summed E-state index contributed by atoms with van der Waals surface area (Å²) in [7, 11) is 0. The van der Waals surface area contributed by atoms with Crippen molar-refractivity contribution in [3.63, 3.8) is 0 Å². The van der Waals surface area contributed by atoms with E-state index in [2.05, 4.69) is 11.9 Å². The van der Waals surface area contributed by atoms with Gasteiger partial charge in [-0.05, 0) is 5.56 Å². The Kier molecular flexibility index (Phi) is 5.08. The average Bonchev–Trinajstić information content (AvgIpc) is 2.34. The minimum Gasteiger partial charge on any atom is -0.445 e. The van der Waals surface area contributed by atoms with E-state index in [9.17, 15) is 4.79 Å². The Morgan fingerprint density at radius 3 is 2.75 bits per heavy atom. The molecule has 0 fully saturated rings. The molecule has 0 heterocycles. The van der Waals surface area contributed by atoms with Crippen molar-refractivity contribution in [1.82, 2.24) is 5.32 Å². The quantitative estimate of drug-likeness (QED) is 0.740. The Morgan fingerprint density at radius 1 is 1.50 bits per heavy atom. The largest absolute Gasteiger partial charge is 0.445 e. The van der Waals surface area contributed by atoms with Gasteiger partial charge in [-0.15, -0.1) is 6.58 Å². The normalized spacial score (nSPS) is 11.6. The molecular weight excluding hydrogens is 206 g/mol. The van der Waals surface area contributed by atoms with E-state index in [1.807, 2.05) is 30.3 Å². The maximum absolute atomic E-state index is 11.3. The van der Waals surface area contributed by atoms with Gasteiger partial charge in [-0.3, -0.25) is 0 Å². The Morgan fingerprint density at radius 2 is 2.19 bits per heavy atom. The number of aliphatic hydroxyl groups is 1. The molecular formula is C12H15NO3. The summed E-state index contributed by atoms with van der Waals surface area (Å²) in [4.78, 5) is 11.3. The lowest BCUT2D eigenvalue weighted by Gasteiger charge is -2.11. The van der Waals surface area contributed by atoms with Crippen molar-refractivity contribution in [2.75, 3.05) is 6.61 Å². The molecule has 1 amide bonds. The third-order valence-electron chi connectivity index (χ3n) is 2.00. The van der Waals surface area contributed by atoms with Gasteiger partial charge in [0.25, 0.3) is 0 Å². The van der Waals surface area contributed by atoms with E-state index in [-0.39, 0.29) is 13.2 Å². The predicted molar refractivity (Wildman–Crippen MR) is 60.8 cm³/mol. The van der Waals surface area contributed by atoms with Crippen LogP contribution in [0.2, 0.25) is 0 Å². The molecule has 16 heavy (non-hydrogen) atoms. The van der Waals surface area contributed by atoms with Crippen molar-refractivity contribution in [3.05, 3.63) is 48.6 Å². The van der Waals surface area contributed by atoms with E-state index < -0.39 is 12.1 Å². The standard InChI is InChI=1S/C12H15NO3/c1-2-11(8-14)13-12(15)16-9-10-6-4-3-5-7-10/h2-7,11,14H,1,8-9H2,(H,13,15). The molecule has 1 aromatic rings. The van der Waals surface area contributed by atoms with E-state index in [1.54, 1.807) is 0 Å². The van der Waals surface area contributed by atoms with Gasteiger partial charge in [0.2, 0.25) is 0 Å². The van der Waals surface area contributed by atoms with Crippen molar-refractivity contribution in [3.8, 4) is 0 Å². The van der Waals surface area contributed by atoms with Gasteiger partial charge in [0.1, 0.15) is 6.61 Å². The first-order valence-electron chi connectivity index (χ1n) is 4.97. The summed E-state index contributed by atoms with van der Waals surface area (Å²) in [6.45, 7) is 3.49. The monoisotopic (exact) mass is 221 g/mol. The van der Waals surface area contributed by atoms with Gasteiger partial charge in [0, 0.05) is 0 Å². The number of carbonyl (C=O) groups is 1. The first-order chi connectivity index (χ1) is 7.76. The molecule has 0 radical (unpaired) electrons. The summed E-state index contributed by atoms with van der Waals surface area (Å²) in [5, 5.41) is 11.3. The maximum Gasteiger partial charge on any atom is 0.408 e. The van der Waals surface area contributed by atoms with Crippen LogP contribution in [0, 0.1) is 0 Å². The number of alkyl carbamates (subject to hydrolysis) is 1. The number of hydrogen-bond donors (Lipinski definition) is 2. The molecule has 0 aromatic heterocycles. The van der Waals surface area contributed by atoms with E-state index >= 15 is 0 Å². The third kappa shape index (κ3) is 4.14. The highest BCUT2D eigenvalue weighted by atomic mass is 16.5. The lowest BCUT2D eigenvalue weighted by molar-refractivity contribution is 0.133. The van der Waals surface area contributed by atoms with Crippen LogP contribution in [0.4, 0.5) is 4.79 Å². The molecule has 4 nitrogen and oxygen atoms in total. The molecule has 0 saturated heterocycles. The molecule has 0 spiro atoms. The lowest BCUT2D eigenvalue weighted by atomic mass is 10.2. The Balaban J connectivity index is 2.33. The summed E-state index contributed by atoms with van der Waals surface area (Å²) < 4.78 is 4.95. The van der Waals surface area contributed by atoms with Crippen molar-refractivity contribution in [2.24, 2.45) is 0 Å². The van der Waals surface area contributed by atoms with Gasteiger partial charge in [-0.1, -0.05) is 36.4 Å². The Hall–Kier alpha value is -1.81. The number of hydrogen-bond acceptors (Lipinski definition) is 3. The molecule has 1 atom stereocenters. The molecule has 2 N–H and O–H groups in total. The maximum atomic E-state index is 11.3. The highest BCUT2D eigenvalue weighted by Crippen LogP contribution is 2.00. The second kappa shape index (κ2) is 6.63. The number of aliphatic hydroxyl groups excluding tert-OH is 1.